The van der Waals surface area contributed by atoms with Gasteiger partial charge in [0.15, 0.2) is 11.6 Å². The highest BCUT2D eigenvalue weighted by atomic mass is 19.1. The first-order chi connectivity index (χ1) is 29.6. The summed E-state index contributed by atoms with van der Waals surface area (Å²) in [7, 11) is 0. The average Bonchev–Trinajstić information content (AvgIpc) is 3.59. The maximum atomic E-state index is 14.7. The first-order valence-corrected chi connectivity index (χ1v) is 23.7. The van der Waals surface area contributed by atoms with Crippen molar-refractivity contribution in [1.82, 2.24) is 5.32 Å². The van der Waals surface area contributed by atoms with Crippen LogP contribution in [-0.2, 0) is 33.3 Å². The molecule has 18 atom stereocenters. The number of benzene rings is 1. The number of aliphatic hydroxyl groups is 2. The molecule has 63 heavy (non-hydrogen) atoms. The molecule has 0 aliphatic carbocycles. The van der Waals surface area contributed by atoms with Gasteiger partial charge in [-0.15, -0.1) is 0 Å². The standard InChI is InChI=1S/C49H75FN2O11/c1-11-35(44(55)56)37-19-14-27(4)42(60-37)31(8)40(53)30(7)41(54)36(12-2)43-28(5)26-29(6)48(61-43)23-20-38(52-45(57)51-34-17-15-33(50)16-18-34)49(63-48)25-24-46(10,62-49)39-21-22-47(58,13-3)32(9)59-39/h15-18,20,23,27-32,35-40,42-43,53,58H,11-14,19,21-22,24-26H2,1-10H3,(H,55,56)(H2,51,52,57)/t27-,28-,29+,30-,31-,32-,35+,36?,37+,38+,39+,40+,42+,43-,46-,47+,48-,49-/m0/s1. The van der Waals surface area contributed by atoms with Crippen molar-refractivity contribution in [2.75, 3.05) is 5.32 Å². The zero-order chi connectivity index (χ0) is 46.2. The fourth-order valence-corrected chi connectivity index (χ4v) is 11.5. The van der Waals surface area contributed by atoms with Gasteiger partial charge in [-0.3, -0.25) is 9.59 Å². The highest BCUT2D eigenvalue weighted by Crippen LogP contribution is 2.54. The van der Waals surface area contributed by atoms with E-state index >= 15 is 0 Å². The summed E-state index contributed by atoms with van der Waals surface area (Å²) in [6.45, 7) is 19.5. The Hall–Kier alpha value is -2.98. The zero-order valence-corrected chi connectivity index (χ0v) is 39.1. The van der Waals surface area contributed by atoms with Gasteiger partial charge in [0.2, 0.25) is 0 Å². The molecule has 2 spiro atoms. The number of hydrogen-bond donors (Lipinski definition) is 5. The highest BCUT2D eigenvalue weighted by molar-refractivity contribution is 5.89. The molecule has 354 valence electrons. The molecule has 0 saturated carbocycles. The van der Waals surface area contributed by atoms with Crippen molar-refractivity contribution in [3.63, 3.8) is 0 Å². The third-order valence-corrected chi connectivity index (χ3v) is 15.9. The molecule has 5 heterocycles. The fraction of sp³-hybridized carbons (Fsp3) is 0.776. The van der Waals surface area contributed by atoms with Crippen LogP contribution in [0.15, 0.2) is 36.4 Å². The van der Waals surface area contributed by atoms with E-state index in [2.05, 4.69) is 24.5 Å². The van der Waals surface area contributed by atoms with Gasteiger partial charge in [-0.1, -0.05) is 61.5 Å². The van der Waals surface area contributed by atoms with Crippen molar-refractivity contribution in [2.24, 2.45) is 41.4 Å². The van der Waals surface area contributed by atoms with E-state index in [1.54, 1.807) is 6.92 Å². The highest BCUT2D eigenvalue weighted by Gasteiger charge is 2.63. The number of halogens is 1. The van der Waals surface area contributed by atoms with E-state index in [0.29, 0.717) is 63.5 Å². The second-order valence-electron chi connectivity index (χ2n) is 20.1. The molecule has 1 unspecified atom stereocenters. The third-order valence-electron chi connectivity index (χ3n) is 15.9. The van der Waals surface area contributed by atoms with Gasteiger partial charge in [0.1, 0.15) is 17.6 Å². The number of hydrogen-bond acceptors (Lipinski definition) is 10. The molecule has 5 N–H and O–H groups in total. The van der Waals surface area contributed by atoms with Crippen molar-refractivity contribution in [1.29, 1.82) is 0 Å². The summed E-state index contributed by atoms with van der Waals surface area (Å²) >= 11 is 0. The number of aliphatic hydroxyl groups excluding tert-OH is 1. The van der Waals surface area contributed by atoms with E-state index in [-0.39, 0.29) is 29.6 Å². The van der Waals surface area contributed by atoms with Crippen LogP contribution in [0.5, 0.6) is 0 Å². The Balaban J connectivity index is 1.25. The quantitative estimate of drug-likeness (QED) is 0.114. The molecule has 4 fully saturated rings. The van der Waals surface area contributed by atoms with Crippen molar-refractivity contribution < 1.29 is 57.8 Å². The number of carboxylic acid groups (broad SMARTS) is 1. The van der Waals surface area contributed by atoms with E-state index in [4.69, 9.17) is 23.7 Å². The Labute approximate surface area is 373 Å². The molecule has 6 rings (SSSR count). The molecular weight excluding hydrogens is 812 g/mol. The molecule has 1 aromatic carbocycles. The minimum atomic E-state index is -1.43. The van der Waals surface area contributed by atoms with Crippen LogP contribution in [0.1, 0.15) is 133 Å². The van der Waals surface area contributed by atoms with Crippen molar-refractivity contribution in [3.8, 4) is 0 Å². The molecule has 0 bridgehead atoms. The predicted molar refractivity (Wildman–Crippen MR) is 235 cm³/mol. The number of nitrogens with one attached hydrogen (secondary N) is 2. The number of carbonyl (C=O) groups excluding carboxylic acids is 2. The fourth-order valence-electron chi connectivity index (χ4n) is 11.5. The lowest BCUT2D eigenvalue weighted by molar-refractivity contribution is -0.397. The van der Waals surface area contributed by atoms with Crippen LogP contribution in [0.25, 0.3) is 0 Å². The Bertz CT molecular complexity index is 1800. The summed E-state index contributed by atoms with van der Waals surface area (Å²) in [6.07, 6.45) is 5.90. The van der Waals surface area contributed by atoms with Crippen LogP contribution in [0.4, 0.5) is 14.9 Å². The van der Waals surface area contributed by atoms with Gasteiger partial charge < -0.3 is 49.6 Å². The van der Waals surface area contributed by atoms with Crippen LogP contribution >= 0.6 is 0 Å². The SMILES string of the molecule is CCC(C(=O)[C@@H](C)[C@@H](O)[C@H](C)[C@@H]1O[C@@H]([C@@H](CC)C(=O)O)CC[C@@H]1C)[C@H]1O[C@]2(C=C[C@@H](NC(=O)Nc3ccc(F)cc3)[C@]3(CC[C@@](C)([C@H]4CC[C@](O)(CC)[C@H](C)O4)O3)O2)[C@H](C)C[C@@H]1C. The lowest BCUT2D eigenvalue weighted by atomic mass is 9.72. The first-order valence-electron chi connectivity index (χ1n) is 23.7. The van der Waals surface area contributed by atoms with Gasteiger partial charge in [0.05, 0.1) is 53.7 Å². The number of aliphatic carboxylic acids is 1. The molecular formula is C49H75FN2O11. The molecule has 5 aliphatic heterocycles. The number of ketones is 1. The number of carbonyl (C=O) groups is 3. The lowest BCUT2D eigenvalue weighted by Crippen LogP contribution is -2.66. The van der Waals surface area contributed by atoms with E-state index < -0.39 is 101 Å². The largest absolute Gasteiger partial charge is 0.481 e. The number of carboxylic acids is 1. The number of anilines is 1. The second-order valence-corrected chi connectivity index (χ2v) is 20.1. The van der Waals surface area contributed by atoms with Gasteiger partial charge in [-0.05, 0) is 114 Å². The van der Waals surface area contributed by atoms with Gasteiger partial charge >= 0.3 is 12.0 Å². The van der Waals surface area contributed by atoms with Gasteiger partial charge in [0, 0.05) is 35.8 Å². The second kappa shape index (κ2) is 19.5. The number of ether oxygens (including phenoxy) is 5. The lowest BCUT2D eigenvalue weighted by Gasteiger charge is -2.55. The Kier molecular flexibility index (Phi) is 15.3. The van der Waals surface area contributed by atoms with Gasteiger partial charge in [-0.25, -0.2) is 9.18 Å². The smallest absolute Gasteiger partial charge is 0.319 e. The molecule has 14 heteroatoms. The van der Waals surface area contributed by atoms with Crippen molar-refractivity contribution in [3.05, 3.63) is 42.2 Å². The van der Waals surface area contributed by atoms with Crippen molar-refractivity contribution >= 4 is 23.5 Å². The number of amides is 2. The topological polar surface area (TPSA) is 182 Å². The third kappa shape index (κ3) is 9.93. The summed E-state index contributed by atoms with van der Waals surface area (Å²) in [5.41, 5.74) is -1.40. The van der Waals surface area contributed by atoms with E-state index in [1.165, 1.54) is 24.3 Å². The zero-order valence-electron chi connectivity index (χ0n) is 39.1. The minimum Gasteiger partial charge on any atom is -0.481 e. The monoisotopic (exact) mass is 887 g/mol. The Morgan fingerprint density at radius 3 is 2.19 bits per heavy atom. The summed E-state index contributed by atoms with van der Waals surface area (Å²) in [6, 6.07) is 4.15. The van der Waals surface area contributed by atoms with Crippen LogP contribution in [0, 0.1) is 47.2 Å². The van der Waals surface area contributed by atoms with Crippen LogP contribution < -0.4 is 10.6 Å². The summed E-state index contributed by atoms with van der Waals surface area (Å²) in [5, 5.41) is 38.8. The molecule has 4 saturated heterocycles. The molecule has 13 nitrogen and oxygen atoms in total. The first kappa shape index (κ1) is 49.5. The Morgan fingerprint density at radius 1 is 0.889 bits per heavy atom. The maximum absolute atomic E-state index is 14.7. The Morgan fingerprint density at radius 2 is 1.57 bits per heavy atom. The number of Topliss-reactive ketones (excluding diaryl/α,β-unsaturated/α-hetero) is 1. The van der Waals surface area contributed by atoms with Crippen LogP contribution in [-0.4, -0.2) is 98.5 Å². The van der Waals surface area contributed by atoms with Crippen LogP contribution in [0.2, 0.25) is 0 Å². The summed E-state index contributed by atoms with van der Waals surface area (Å²) < 4.78 is 48.1. The molecule has 2 amide bonds. The number of urea groups is 1. The molecule has 1 aromatic rings. The normalized spacial score (nSPS) is 40.5. The van der Waals surface area contributed by atoms with Crippen molar-refractivity contribution in [2.45, 2.75) is 199 Å². The van der Waals surface area contributed by atoms with Crippen LogP contribution in [0.3, 0.4) is 0 Å². The van der Waals surface area contributed by atoms with E-state index in [1.807, 2.05) is 60.6 Å². The minimum absolute atomic E-state index is 0.0553. The predicted octanol–water partition coefficient (Wildman–Crippen LogP) is 8.16. The van der Waals surface area contributed by atoms with Gasteiger partial charge in [-0.2, -0.15) is 0 Å². The van der Waals surface area contributed by atoms with Gasteiger partial charge in [0.25, 0.3) is 0 Å². The summed E-state index contributed by atoms with van der Waals surface area (Å²) in [4.78, 5) is 40.3. The molecule has 0 radical (unpaired) electrons. The number of rotatable bonds is 14. The average molecular weight is 887 g/mol. The molecule has 5 aliphatic rings. The maximum Gasteiger partial charge on any atom is 0.319 e. The summed E-state index contributed by atoms with van der Waals surface area (Å²) in [5.74, 6) is -6.81. The van der Waals surface area contributed by atoms with E-state index in [0.717, 1.165) is 6.42 Å². The van der Waals surface area contributed by atoms with E-state index in [9.17, 15) is 34.1 Å². The molecule has 0 aromatic heterocycles.